The van der Waals surface area contributed by atoms with Crippen LogP contribution in [-0.4, -0.2) is 51.0 Å². The maximum Gasteiger partial charge on any atom is 0.243 e. The predicted octanol–water partition coefficient (Wildman–Crippen LogP) is 3.64. The summed E-state index contributed by atoms with van der Waals surface area (Å²) >= 11 is 1.58. The first-order valence-electron chi connectivity index (χ1n) is 9.39. The Labute approximate surface area is 175 Å². The first kappa shape index (κ1) is 19.9. The molecule has 0 N–H and O–H groups in total. The minimum Gasteiger partial charge on any atom is -0.497 e. The summed E-state index contributed by atoms with van der Waals surface area (Å²) in [6.07, 6.45) is 0. The zero-order valence-corrected chi connectivity index (χ0v) is 18.0. The smallest absolute Gasteiger partial charge is 0.243 e. The fourth-order valence-corrected chi connectivity index (χ4v) is 5.61. The Morgan fingerprint density at radius 3 is 2.45 bits per heavy atom. The van der Waals surface area contributed by atoms with E-state index in [-0.39, 0.29) is 0 Å². The second-order valence-electron chi connectivity index (χ2n) is 6.95. The number of anilines is 1. The highest BCUT2D eigenvalue weighted by Crippen LogP contribution is 2.30. The van der Waals surface area contributed by atoms with E-state index in [9.17, 15) is 8.42 Å². The summed E-state index contributed by atoms with van der Waals surface area (Å²) in [5, 5.41) is 2.94. The molecule has 2 aromatic carbocycles. The number of benzene rings is 2. The number of methoxy groups -OCH3 is 1. The molecule has 1 aliphatic rings. The highest BCUT2D eigenvalue weighted by Gasteiger charge is 2.29. The van der Waals surface area contributed by atoms with Crippen molar-refractivity contribution in [2.75, 3.05) is 38.2 Å². The fraction of sp³-hybridized carbons (Fsp3) is 0.286. The van der Waals surface area contributed by atoms with Gasteiger partial charge < -0.3 is 9.64 Å². The van der Waals surface area contributed by atoms with Crippen molar-refractivity contribution in [3.05, 3.63) is 59.5 Å². The van der Waals surface area contributed by atoms with Gasteiger partial charge in [-0.3, -0.25) is 0 Å². The SMILES string of the molecule is COc1cccc(-c2csc(N3CCN(S(=O)(=O)c4ccc(C)cc4)CC3)n2)c1. The zero-order valence-electron chi connectivity index (χ0n) is 16.4. The molecule has 29 heavy (non-hydrogen) atoms. The van der Waals surface area contributed by atoms with Gasteiger partial charge >= 0.3 is 0 Å². The second kappa shape index (κ2) is 8.14. The van der Waals surface area contributed by atoms with Crippen molar-refractivity contribution < 1.29 is 13.2 Å². The van der Waals surface area contributed by atoms with Crippen LogP contribution >= 0.6 is 11.3 Å². The lowest BCUT2D eigenvalue weighted by atomic mass is 10.2. The molecule has 0 amide bonds. The minimum absolute atomic E-state index is 0.353. The van der Waals surface area contributed by atoms with Gasteiger partial charge in [0.05, 0.1) is 17.7 Å². The number of hydrogen-bond donors (Lipinski definition) is 0. The van der Waals surface area contributed by atoms with Crippen LogP contribution in [0.15, 0.2) is 58.8 Å². The predicted molar refractivity (Wildman–Crippen MR) is 116 cm³/mol. The minimum atomic E-state index is -3.45. The van der Waals surface area contributed by atoms with Crippen LogP contribution in [0.5, 0.6) is 5.75 Å². The van der Waals surface area contributed by atoms with E-state index in [0.717, 1.165) is 27.7 Å². The molecule has 0 spiro atoms. The van der Waals surface area contributed by atoms with Crippen LogP contribution in [0.3, 0.4) is 0 Å². The molecular weight excluding hydrogens is 406 g/mol. The van der Waals surface area contributed by atoms with Gasteiger partial charge in [0.2, 0.25) is 10.0 Å². The van der Waals surface area contributed by atoms with Crippen LogP contribution in [0, 0.1) is 6.92 Å². The maximum absolute atomic E-state index is 12.9. The molecule has 152 valence electrons. The highest BCUT2D eigenvalue weighted by molar-refractivity contribution is 7.89. The Morgan fingerprint density at radius 2 is 1.76 bits per heavy atom. The van der Waals surface area contributed by atoms with E-state index in [1.54, 1.807) is 34.9 Å². The summed E-state index contributed by atoms with van der Waals surface area (Å²) < 4.78 is 32.6. The van der Waals surface area contributed by atoms with Gasteiger partial charge in [0.1, 0.15) is 5.75 Å². The molecule has 0 unspecified atom stereocenters. The summed E-state index contributed by atoms with van der Waals surface area (Å²) in [7, 11) is -1.81. The summed E-state index contributed by atoms with van der Waals surface area (Å²) in [6, 6.07) is 14.8. The molecule has 0 saturated carbocycles. The van der Waals surface area contributed by atoms with Crippen molar-refractivity contribution in [2.45, 2.75) is 11.8 Å². The fourth-order valence-electron chi connectivity index (χ4n) is 3.30. The van der Waals surface area contributed by atoms with Crippen molar-refractivity contribution in [2.24, 2.45) is 0 Å². The third kappa shape index (κ3) is 4.14. The van der Waals surface area contributed by atoms with Crippen LogP contribution in [0.4, 0.5) is 5.13 Å². The summed E-state index contributed by atoms with van der Waals surface area (Å²) in [5.41, 5.74) is 2.95. The lowest BCUT2D eigenvalue weighted by molar-refractivity contribution is 0.385. The van der Waals surface area contributed by atoms with Crippen molar-refractivity contribution >= 4 is 26.5 Å². The van der Waals surface area contributed by atoms with Gasteiger partial charge in [-0.25, -0.2) is 13.4 Å². The van der Waals surface area contributed by atoms with E-state index in [1.807, 2.05) is 48.7 Å². The standard InChI is InChI=1S/C21H23N3O3S2/c1-16-6-8-19(9-7-16)29(25,26)24-12-10-23(11-13-24)21-22-20(15-28-21)17-4-3-5-18(14-17)27-2/h3-9,14-15H,10-13H2,1-2H3. The zero-order chi connectivity index (χ0) is 20.4. The van der Waals surface area contributed by atoms with Crippen molar-refractivity contribution in [1.82, 2.24) is 9.29 Å². The van der Waals surface area contributed by atoms with Crippen molar-refractivity contribution in [1.29, 1.82) is 0 Å². The number of hydrogen-bond acceptors (Lipinski definition) is 6. The Morgan fingerprint density at radius 1 is 1.03 bits per heavy atom. The molecule has 0 atom stereocenters. The van der Waals surface area contributed by atoms with E-state index in [0.29, 0.717) is 31.1 Å². The van der Waals surface area contributed by atoms with Gasteiger partial charge in [0, 0.05) is 37.1 Å². The molecule has 4 rings (SSSR count). The number of sulfonamides is 1. The monoisotopic (exact) mass is 429 g/mol. The summed E-state index contributed by atoms with van der Waals surface area (Å²) in [5.74, 6) is 0.798. The molecule has 1 aromatic heterocycles. The van der Waals surface area contributed by atoms with Crippen LogP contribution in [0.1, 0.15) is 5.56 Å². The Kier molecular flexibility index (Phi) is 5.58. The van der Waals surface area contributed by atoms with E-state index < -0.39 is 10.0 Å². The molecule has 3 aromatic rings. The number of rotatable bonds is 5. The van der Waals surface area contributed by atoms with Gasteiger partial charge in [0.15, 0.2) is 5.13 Å². The van der Waals surface area contributed by atoms with Crippen LogP contribution in [-0.2, 0) is 10.0 Å². The molecule has 2 heterocycles. The summed E-state index contributed by atoms with van der Waals surface area (Å²) in [6.45, 7) is 4.09. The molecule has 0 aliphatic carbocycles. The van der Waals surface area contributed by atoms with E-state index >= 15 is 0 Å². The topological polar surface area (TPSA) is 62.7 Å². The van der Waals surface area contributed by atoms with Gasteiger partial charge in [0.25, 0.3) is 0 Å². The normalized spacial score (nSPS) is 15.4. The molecule has 1 fully saturated rings. The van der Waals surface area contributed by atoms with Crippen LogP contribution < -0.4 is 9.64 Å². The quantitative estimate of drug-likeness (QED) is 0.620. The van der Waals surface area contributed by atoms with E-state index in [4.69, 9.17) is 9.72 Å². The largest absolute Gasteiger partial charge is 0.497 e. The maximum atomic E-state index is 12.9. The number of nitrogens with zero attached hydrogens (tertiary/aromatic N) is 3. The van der Waals surface area contributed by atoms with E-state index in [1.165, 1.54) is 0 Å². The van der Waals surface area contributed by atoms with Crippen LogP contribution in [0.25, 0.3) is 11.3 Å². The number of piperazine rings is 1. The first-order valence-corrected chi connectivity index (χ1v) is 11.7. The number of thiazole rings is 1. The molecule has 1 saturated heterocycles. The Balaban J connectivity index is 1.45. The van der Waals surface area contributed by atoms with Gasteiger partial charge in [-0.2, -0.15) is 4.31 Å². The number of aromatic nitrogens is 1. The lowest BCUT2D eigenvalue weighted by Gasteiger charge is -2.33. The molecule has 1 aliphatic heterocycles. The van der Waals surface area contributed by atoms with Gasteiger partial charge in [-0.15, -0.1) is 11.3 Å². The number of aryl methyl sites for hydroxylation is 1. The molecule has 0 radical (unpaired) electrons. The summed E-state index contributed by atoms with van der Waals surface area (Å²) in [4.78, 5) is 7.26. The van der Waals surface area contributed by atoms with Crippen molar-refractivity contribution in [3.63, 3.8) is 0 Å². The van der Waals surface area contributed by atoms with Crippen LogP contribution in [0.2, 0.25) is 0 Å². The Bertz CT molecular complexity index is 1090. The highest BCUT2D eigenvalue weighted by atomic mass is 32.2. The second-order valence-corrected chi connectivity index (χ2v) is 9.73. The average Bonchev–Trinajstić information content (AvgIpc) is 3.24. The average molecular weight is 430 g/mol. The Hall–Kier alpha value is -2.42. The van der Waals surface area contributed by atoms with Gasteiger partial charge in [-0.05, 0) is 31.2 Å². The van der Waals surface area contributed by atoms with Gasteiger partial charge in [-0.1, -0.05) is 29.8 Å². The lowest BCUT2D eigenvalue weighted by Crippen LogP contribution is -2.48. The number of ether oxygens (including phenoxy) is 1. The third-order valence-corrected chi connectivity index (χ3v) is 7.84. The molecule has 8 heteroatoms. The first-order chi connectivity index (χ1) is 14.0. The molecule has 0 bridgehead atoms. The van der Waals surface area contributed by atoms with Crippen molar-refractivity contribution in [3.8, 4) is 17.0 Å². The third-order valence-electron chi connectivity index (χ3n) is 5.03. The molecular formula is C21H23N3O3S2. The molecule has 6 nitrogen and oxygen atoms in total. The van der Waals surface area contributed by atoms with E-state index in [2.05, 4.69) is 4.90 Å².